The molecule has 2 aliphatic heterocycles. The number of imidazole rings is 1. The lowest BCUT2D eigenvalue weighted by molar-refractivity contribution is -0.149. The molecule has 0 bridgehead atoms. The number of carbonyl (C=O) groups excluding carboxylic acids is 1. The zero-order valence-corrected chi connectivity index (χ0v) is 15.0. The molecule has 1 saturated heterocycles. The highest BCUT2D eigenvalue weighted by Crippen LogP contribution is 2.39. The number of methoxy groups -OCH3 is 1. The van der Waals surface area contributed by atoms with Gasteiger partial charge in [0.1, 0.15) is 5.92 Å². The summed E-state index contributed by atoms with van der Waals surface area (Å²) in [6.07, 6.45) is 3.52. The summed E-state index contributed by atoms with van der Waals surface area (Å²) in [7, 11) is 1.40. The van der Waals surface area contributed by atoms with Crippen molar-refractivity contribution in [3.05, 3.63) is 47.8 Å². The number of aliphatic imine (C=N–C) groups is 1. The van der Waals surface area contributed by atoms with Crippen LogP contribution in [-0.2, 0) is 24.8 Å². The average Bonchev–Trinajstić information content (AvgIpc) is 3.29. The molecule has 0 amide bonds. The van der Waals surface area contributed by atoms with Crippen LogP contribution in [0.25, 0.3) is 0 Å². The molecule has 0 spiro atoms. The smallest absolute Gasteiger partial charge is 0.316 e. The maximum Gasteiger partial charge on any atom is 0.316 e. The molecule has 7 nitrogen and oxygen atoms in total. The van der Waals surface area contributed by atoms with E-state index in [4.69, 9.17) is 14.2 Å². The van der Waals surface area contributed by atoms with Gasteiger partial charge in [0.05, 0.1) is 26.4 Å². The number of nitrogens with zero attached hydrogens (tertiary/aromatic N) is 3. The highest BCUT2D eigenvalue weighted by atomic mass is 16.7. The van der Waals surface area contributed by atoms with Gasteiger partial charge in [0.25, 0.3) is 0 Å². The van der Waals surface area contributed by atoms with Crippen molar-refractivity contribution in [1.82, 2.24) is 9.55 Å². The van der Waals surface area contributed by atoms with Crippen molar-refractivity contribution < 1.29 is 19.0 Å². The van der Waals surface area contributed by atoms with Crippen LogP contribution in [0.15, 0.2) is 41.7 Å². The van der Waals surface area contributed by atoms with E-state index in [1.54, 1.807) is 6.20 Å². The van der Waals surface area contributed by atoms with E-state index in [1.165, 1.54) is 7.11 Å². The van der Waals surface area contributed by atoms with Crippen LogP contribution in [0.5, 0.6) is 0 Å². The van der Waals surface area contributed by atoms with Gasteiger partial charge in [-0.3, -0.25) is 4.79 Å². The molecular formula is C19H21N3O4. The van der Waals surface area contributed by atoms with Crippen molar-refractivity contribution in [2.45, 2.75) is 25.7 Å². The number of fused-ring (bicyclic) bond motifs is 1. The van der Waals surface area contributed by atoms with Crippen LogP contribution in [0.3, 0.4) is 0 Å². The minimum Gasteiger partial charge on any atom is -0.468 e. The van der Waals surface area contributed by atoms with E-state index in [9.17, 15) is 4.79 Å². The minimum atomic E-state index is -0.771. The van der Waals surface area contributed by atoms with Gasteiger partial charge in [-0.25, -0.2) is 9.98 Å². The molecule has 1 fully saturated rings. The molecule has 0 saturated carbocycles. The Hall–Kier alpha value is -2.51. The lowest BCUT2D eigenvalue weighted by atomic mass is 9.87. The number of hydrogen-bond acceptors (Lipinski definition) is 6. The van der Waals surface area contributed by atoms with Crippen LogP contribution in [0.1, 0.15) is 31.0 Å². The molecule has 2 aromatic rings. The van der Waals surface area contributed by atoms with Crippen molar-refractivity contribution in [2.75, 3.05) is 20.3 Å². The van der Waals surface area contributed by atoms with E-state index < -0.39 is 11.7 Å². The maximum absolute atomic E-state index is 12.5. The van der Waals surface area contributed by atoms with Crippen molar-refractivity contribution in [3.8, 4) is 0 Å². The average molecular weight is 355 g/mol. The number of ether oxygens (including phenoxy) is 3. The summed E-state index contributed by atoms with van der Waals surface area (Å²) >= 11 is 0. The SMILES string of the molecule is COC(=O)C1C(C)=Nc2nccn2C1c1cccc(C2(C)OCCO2)c1. The van der Waals surface area contributed by atoms with Crippen molar-refractivity contribution in [1.29, 1.82) is 0 Å². The monoisotopic (exact) mass is 355 g/mol. The molecule has 136 valence electrons. The second-order valence-electron chi connectivity index (χ2n) is 6.60. The zero-order chi connectivity index (χ0) is 18.3. The van der Waals surface area contributed by atoms with E-state index in [0.29, 0.717) is 24.9 Å². The predicted molar refractivity (Wildman–Crippen MR) is 94.3 cm³/mol. The fourth-order valence-electron chi connectivity index (χ4n) is 3.69. The summed E-state index contributed by atoms with van der Waals surface area (Å²) in [6.45, 7) is 4.87. The highest BCUT2D eigenvalue weighted by molar-refractivity contribution is 6.03. The van der Waals surface area contributed by atoms with Crippen LogP contribution in [-0.4, -0.2) is 41.6 Å². The van der Waals surface area contributed by atoms with E-state index in [-0.39, 0.29) is 12.0 Å². The summed E-state index contributed by atoms with van der Waals surface area (Å²) in [4.78, 5) is 21.3. The normalized spacial score (nSPS) is 24.0. The molecule has 2 unspecified atom stereocenters. The predicted octanol–water partition coefficient (Wildman–Crippen LogP) is 2.59. The minimum absolute atomic E-state index is 0.289. The molecule has 2 aliphatic rings. The Kier molecular flexibility index (Phi) is 4.13. The number of carbonyl (C=O) groups is 1. The molecule has 0 aliphatic carbocycles. The highest BCUT2D eigenvalue weighted by Gasteiger charge is 2.40. The summed E-state index contributed by atoms with van der Waals surface area (Å²) in [5, 5.41) is 0. The molecule has 0 N–H and O–H groups in total. The lowest BCUT2D eigenvalue weighted by Crippen LogP contribution is -2.36. The molecule has 1 aromatic heterocycles. The summed E-state index contributed by atoms with van der Waals surface area (Å²) in [5.74, 6) is -1.03. The fraction of sp³-hybridized carbons (Fsp3) is 0.421. The zero-order valence-electron chi connectivity index (χ0n) is 15.0. The van der Waals surface area contributed by atoms with Crippen LogP contribution < -0.4 is 0 Å². The summed E-state index contributed by atoms with van der Waals surface area (Å²) < 4.78 is 18.5. The third-order valence-corrected chi connectivity index (χ3v) is 5.04. The molecule has 2 atom stereocenters. The molecule has 26 heavy (non-hydrogen) atoms. The number of aromatic nitrogens is 2. The van der Waals surface area contributed by atoms with E-state index >= 15 is 0 Å². The molecular weight excluding hydrogens is 334 g/mol. The van der Waals surface area contributed by atoms with Gasteiger partial charge in [-0.1, -0.05) is 18.2 Å². The summed E-state index contributed by atoms with van der Waals surface area (Å²) in [6, 6.07) is 7.65. The summed E-state index contributed by atoms with van der Waals surface area (Å²) in [5.41, 5.74) is 2.55. The van der Waals surface area contributed by atoms with Gasteiger partial charge in [0.2, 0.25) is 5.95 Å². The van der Waals surface area contributed by atoms with Gasteiger partial charge in [-0.05, 0) is 25.5 Å². The molecule has 7 heteroatoms. The Labute approximate surface area is 151 Å². The third kappa shape index (κ3) is 2.64. The first kappa shape index (κ1) is 16.9. The Morgan fingerprint density at radius 3 is 2.85 bits per heavy atom. The molecule has 0 radical (unpaired) electrons. The van der Waals surface area contributed by atoms with E-state index in [1.807, 2.05) is 48.9 Å². The van der Waals surface area contributed by atoms with E-state index in [0.717, 1.165) is 11.1 Å². The topological polar surface area (TPSA) is 74.9 Å². The number of esters is 1. The Balaban J connectivity index is 1.82. The number of rotatable bonds is 3. The standard InChI is InChI=1S/C19H21N3O4/c1-12-15(17(23)24-3)16(22-8-7-20-18(22)21-12)13-5-4-6-14(11-13)19(2)25-9-10-26-19/h4-8,11,15-16H,9-10H2,1-3H3. The van der Waals surface area contributed by atoms with Crippen LogP contribution in [0.2, 0.25) is 0 Å². The first-order valence-electron chi connectivity index (χ1n) is 8.58. The van der Waals surface area contributed by atoms with Gasteiger partial charge in [0.15, 0.2) is 5.79 Å². The van der Waals surface area contributed by atoms with Gasteiger partial charge < -0.3 is 18.8 Å². The van der Waals surface area contributed by atoms with Gasteiger partial charge in [0, 0.05) is 23.7 Å². The number of hydrogen-bond donors (Lipinski definition) is 0. The first-order valence-corrected chi connectivity index (χ1v) is 8.58. The quantitative estimate of drug-likeness (QED) is 0.791. The van der Waals surface area contributed by atoms with Gasteiger partial charge in [-0.2, -0.15) is 0 Å². The first-order chi connectivity index (χ1) is 12.5. The number of benzene rings is 1. The Bertz CT molecular complexity index is 867. The second kappa shape index (κ2) is 6.34. The van der Waals surface area contributed by atoms with Crippen LogP contribution in [0, 0.1) is 5.92 Å². The second-order valence-corrected chi connectivity index (χ2v) is 6.60. The Morgan fingerprint density at radius 2 is 2.12 bits per heavy atom. The largest absolute Gasteiger partial charge is 0.468 e. The van der Waals surface area contributed by atoms with Crippen LogP contribution >= 0.6 is 0 Å². The molecule has 3 heterocycles. The molecule has 1 aromatic carbocycles. The van der Waals surface area contributed by atoms with E-state index in [2.05, 4.69) is 9.98 Å². The third-order valence-electron chi connectivity index (χ3n) is 5.04. The maximum atomic E-state index is 12.5. The van der Waals surface area contributed by atoms with Crippen molar-refractivity contribution in [3.63, 3.8) is 0 Å². The fourth-order valence-corrected chi connectivity index (χ4v) is 3.69. The van der Waals surface area contributed by atoms with Crippen molar-refractivity contribution in [2.24, 2.45) is 10.9 Å². The molecule has 4 rings (SSSR count). The lowest BCUT2D eigenvalue weighted by Gasteiger charge is -2.32. The van der Waals surface area contributed by atoms with Gasteiger partial charge >= 0.3 is 5.97 Å². The Morgan fingerprint density at radius 1 is 1.35 bits per heavy atom. The van der Waals surface area contributed by atoms with Crippen LogP contribution in [0.4, 0.5) is 5.95 Å². The van der Waals surface area contributed by atoms with Crippen molar-refractivity contribution >= 4 is 17.6 Å². The van der Waals surface area contributed by atoms with Gasteiger partial charge in [-0.15, -0.1) is 0 Å².